The summed E-state index contributed by atoms with van der Waals surface area (Å²) in [5.41, 5.74) is 5.55. The van der Waals surface area contributed by atoms with Crippen LogP contribution in [0.1, 0.15) is 22.3 Å². The maximum atomic E-state index is 3.48. The van der Waals surface area contributed by atoms with E-state index in [-0.39, 0.29) is 0 Å². The molecule has 0 heterocycles. The predicted molar refractivity (Wildman–Crippen MR) is 53.3 cm³/mol. The molecule has 0 unspecified atom stereocenters. The first kappa shape index (κ1) is 8.79. The minimum Gasteiger partial charge on any atom is -0.0876 e. The van der Waals surface area contributed by atoms with Gasteiger partial charge in [0, 0.05) is 5.33 Å². The van der Waals surface area contributed by atoms with Gasteiger partial charge in [0.05, 0.1) is 0 Å². The van der Waals surface area contributed by atoms with Crippen LogP contribution in [0.25, 0.3) is 0 Å². The first-order valence-electron chi connectivity index (χ1n) is 3.78. The largest absolute Gasteiger partial charge is 0.0876 e. The van der Waals surface area contributed by atoms with E-state index in [1.165, 1.54) is 22.3 Å². The second-order valence-electron chi connectivity index (χ2n) is 3.00. The summed E-state index contributed by atoms with van der Waals surface area (Å²) in [6.07, 6.45) is 0. The third-order valence-electron chi connectivity index (χ3n) is 2.06. The van der Waals surface area contributed by atoms with E-state index in [2.05, 4.69) is 48.8 Å². The van der Waals surface area contributed by atoms with Gasteiger partial charge in [-0.3, -0.25) is 0 Å². The van der Waals surface area contributed by atoms with Crippen molar-refractivity contribution < 1.29 is 0 Å². The van der Waals surface area contributed by atoms with Gasteiger partial charge in [0.2, 0.25) is 0 Å². The number of halogens is 1. The zero-order chi connectivity index (χ0) is 8.43. The van der Waals surface area contributed by atoms with Gasteiger partial charge in [0.15, 0.2) is 0 Å². The summed E-state index contributed by atoms with van der Waals surface area (Å²) in [6, 6.07) is 4.46. The first-order valence-corrected chi connectivity index (χ1v) is 4.90. The number of benzene rings is 1. The van der Waals surface area contributed by atoms with E-state index in [1.54, 1.807) is 0 Å². The van der Waals surface area contributed by atoms with Crippen LogP contribution in [0, 0.1) is 20.8 Å². The lowest BCUT2D eigenvalue weighted by Crippen LogP contribution is -1.90. The van der Waals surface area contributed by atoms with E-state index in [0.29, 0.717) is 0 Å². The molecular formula is C10H13Br. The summed E-state index contributed by atoms with van der Waals surface area (Å²) in [5, 5.41) is 0.960. The summed E-state index contributed by atoms with van der Waals surface area (Å²) >= 11 is 3.48. The van der Waals surface area contributed by atoms with Gasteiger partial charge in [0.1, 0.15) is 0 Å². The molecular weight excluding hydrogens is 200 g/mol. The topological polar surface area (TPSA) is 0 Å². The molecule has 0 nitrogen and oxygen atoms in total. The van der Waals surface area contributed by atoms with Gasteiger partial charge < -0.3 is 0 Å². The van der Waals surface area contributed by atoms with Crippen LogP contribution in [0.5, 0.6) is 0 Å². The highest BCUT2D eigenvalue weighted by Crippen LogP contribution is 2.17. The Labute approximate surface area is 76.8 Å². The van der Waals surface area contributed by atoms with Crippen LogP contribution in [-0.4, -0.2) is 0 Å². The van der Waals surface area contributed by atoms with E-state index >= 15 is 0 Å². The molecule has 60 valence electrons. The number of alkyl halides is 1. The monoisotopic (exact) mass is 212 g/mol. The summed E-state index contributed by atoms with van der Waals surface area (Å²) in [6.45, 7) is 6.47. The molecule has 0 fully saturated rings. The third-order valence-corrected chi connectivity index (χ3v) is 2.67. The maximum absolute atomic E-state index is 3.48. The van der Waals surface area contributed by atoms with E-state index in [1.807, 2.05) is 0 Å². The number of hydrogen-bond acceptors (Lipinski definition) is 0. The molecule has 0 N–H and O–H groups in total. The molecule has 0 spiro atoms. The Bertz CT molecular complexity index is 264. The van der Waals surface area contributed by atoms with Crippen LogP contribution in [0.2, 0.25) is 0 Å². The lowest BCUT2D eigenvalue weighted by atomic mass is 10.0. The first-order chi connectivity index (χ1) is 5.15. The molecule has 11 heavy (non-hydrogen) atoms. The number of aryl methyl sites for hydroxylation is 2. The lowest BCUT2D eigenvalue weighted by molar-refractivity contribution is 1.22. The van der Waals surface area contributed by atoms with Crippen molar-refractivity contribution in [3.63, 3.8) is 0 Å². The van der Waals surface area contributed by atoms with E-state index < -0.39 is 0 Å². The summed E-state index contributed by atoms with van der Waals surface area (Å²) in [4.78, 5) is 0. The van der Waals surface area contributed by atoms with Crippen LogP contribution in [0.3, 0.4) is 0 Å². The molecule has 0 amide bonds. The Morgan fingerprint density at radius 3 is 2.36 bits per heavy atom. The molecule has 0 aliphatic carbocycles. The van der Waals surface area contributed by atoms with Crippen molar-refractivity contribution in [3.05, 3.63) is 34.4 Å². The van der Waals surface area contributed by atoms with Gasteiger partial charge in [0.25, 0.3) is 0 Å². The van der Waals surface area contributed by atoms with Crippen LogP contribution < -0.4 is 0 Å². The smallest absolute Gasteiger partial charge is 0.0285 e. The Morgan fingerprint density at radius 1 is 1.18 bits per heavy atom. The molecule has 0 atom stereocenters. The molecule has 0 saturated heterocycles. The van der Waals surface area contributed by atoms with Gasteiger partial charge in [-0.15, -0.1) is 0 Å². The second kappa shape index (κ2) is 3.40. The van der Waals surface area contributed by atoms with Gasteiger partial charge >= 0.3 is 0 Å². The number of rotatable bonds is 1. The SMILES string of the molecule is Cc1cc(C)c(C)c(CBr)c1. The van der Waals surface area contributed by atoms with Crippen molar-refractivity contribution in [2.45, 2.75) is 26.1 Å². The summed E-state index contributed by atoms with van der Waals surface area (Å²) < 4.78 is 0. The number of hydrogen-bond donors (Lipinski definition) is 0. The van der Waals surface area contributed by atoms with Gasteiger partial charge in [-0.25, -0.2) is 0 Å². The van der Waals surface area contributed by atoms with Crippen molar-refractivity contribution in [1.82, 2.24) is 0 Å². The third kappa shape index (κ3) is 1.84. The molecule has 1 aromatic carbocycles. The zero-order valence-electron chi connectivity index (χ0n) is 7.24. The molecule has 0 bridgehead atoms. The Balaban J connectivity index is 3.24. The molecule has 0 aliphatic heterocycles. The fourth-order valence-electron chi connectivity index (χ4n) is 1.27. The molecule has 0 aliphatic rings. The van der Waals surface area contributed by atoms with Crippen molar-refractivity contribution in [1.29, 1.82) is 0 Å². The maximum Gasteiger partial charge on any atom is 0.0285 e. The lowest BCUT2D eigenvalue weighted by Gasteiger charge is -2.06. The summed E-state index contributed by atoms with van der Waals surface area (Å²) in [5.74, 6) is 0. The molecule has 0 saturated carbocycles. The highest BCUT2D eigenvalue weighted by Gasteiger charge is 1.99. The van der Waals surface area contributed by atoms with E-state index in [0.717, 1.165) is 5.33 Å². The fourth-order valence-corrected chi connectivity index (χ4v) is 1.85. The second-order valence-corrected chi connectivity index (χ2v) is 3.56. The molecule has 0 radical (unpaired) electrons. The Morgan fingerprint density at radius 2 is 1.82 bits per heavy atom. The van der Waals surface area contributed by atoms with Gasteiger partial charge in [-0.05, 0) is 37.5 Å². The molecule has 1 aromatic rings. The van der Waals surface area contributed by atoms with Crippen LogP contribution in [0.15, 0.2) is 12.1 Å². The fraction of sp³-hybridized carbons (Fsp3) is 0.400. The van der Waals surface area contributed by atoms with Crippen LogP contribution >= 0.6 is 15.9 Å². The zero-order valence-corrected chi connectivity index (χ0v) is 8.83. The average Bonchev–Trinajstić information content (AvgIpc) is 1.96. The van der Waals surface area contributed by atoms with Gasteiger partial charge in [-0.2, -0.15) is 0 Å². The van der Waals surface area contributed by atoms with Crippen LogP contribution in [0.4, 0.5) is 0 Å². The highest BCUT2D eigenvalue weighted by atomic mass is 79.9. The predicted octanol–water partition coefficient (Wildman–Crippen LogP) is 3.51. The minimum absolute atomic E-state index is 0.960. The Kier molecular flexibility index (Phi) is 2.72. The van der Waals surface area contributed by atoms with Crippen molar-refractivity contribution in [3.8, 4) is 0 Å². The molecule has 1 heteroatoms. The normalized spacial score (nSPS) is 10.2. The van der Waals surface area contributed by atoms with E-state index in [9.17, 15) is 0 Å². The van der Waals surface area contributed by atoms with E-state index in [4.69, 9.17) is 0 Å². The average molecular weight is 213 g/mol. The quantitative estimate of drug-likeness (QED) is 0.626. The van der Waals surface area contributed by atoms with Crippen molar-refractivity contribution in [2.24, 2.45) is 0 Å². The van der Waals surface area contributed by atoms with Crippen LogP contribution in [-0.2, 0) is 5.33 Å². The molecule has 0 aromatic heterocycles. The van der Waals surface area contributed by atoms with Gasteiger partial charge in [-0.1, -0.05) is 33.6 Å². The molecule has 1 rings (SSSR count). The standard InChI is InChI=1S/C10H13Br/c1-7-4-8(2)9(3)10(5-7)6-11/h4-5H,6H2,1-3H3. The van der Waals surface area contributed by atoms with Crippen molar-refractivity contribution >= 4 is 15.9 Å². The van der Waals surface area contributed by atoms with Crippen molar-refractivity contribution in [2.75, 3.05) is 0 Å². The minimum atomic E-state index is 0.960. The highest BCUT2D eigenvalue weighted by molar-refractivity contribution is 9.08. The Hall–Kier alpha value is -0.300. The summed E-state index contributed by atoms with van der Waals surface area (Å²) in [7, 11) is 0.